The Labute approximate surface area is 107 Å². The van der Waals surface area contributed by atoms with Crippen molar-refractivity contribution in [3.05, 3.63) is 48.0 Å². The number of benzene rings is 2. The van der Waals surface area contributed by atoms with E-state index in [1.54, 1.807) is 12.1 Å². The van der Waals surface area contributed by atoms with Crippen LogP contribution in [0.3, 0.4) is 0 Å². The number of hydrogen-bond donors (Lipinski definition) is 1. The van der Waals surface area contributed by atoms with Crippen LogP contribution in [-0.4, -0.2) is 18.5 Å². The lowest BCUT2D eigenvalue weighted by molar-refractivity contribution is 0.112. The maximum absolute atomic E-state index is 10.9. The Morgan fingerprint density at radius 1 is 1.11 bits per heavy atom. The van der Waals surface area contributed by atoms with E-state index in [1.165, 1.54) is 7.11 Å². The van der Waals surface area contributed by atoms with Crippen LogP contribution in [0.1, 0.15) is 10.4 Å². The summed E-state index contributed by atoms with van der Waals surface area (Å²) < 4.78 is 5.06. The van der Waals surface area contributed by atoms with Gasteiger partial charge in [0, 0.05) is 10.9 Å². The summed E-state index contributed by atoms with van der Waals surface area (Å²) in [7, 11) is 1.73. The van der Waals surface area contributed by atoms with Gasteiger partial charge in [0.15, 0.2) is 17.8 Å². The van der Waals surface area contributed by atoms with Crippen molar-refractivity contribution in [2.75, 3.05) is 7.11 Å². The smallest absolute Gasteiger partial charge is 0.165 e. The van der Waals surface area contributed by atoms with Gasteiger partial charge in [-0.2, -0.15) is 0 Å². The molecule has 92 valence electrons. The Morgan fingerprint density at radius 2 is 1.83 bits per heavy atom. The second-order valence-corrected chi connectivity index (χ2v) is 5.01. The number of ether oxygens (including phenoxy) is 1. The minimum absolute atomic E-state index is 0.138. The van der Waals surface area contributed by atoms with Crippen LogP contribution in [0, 0.1) is 0 Å². The summed E-state index contributed by atoms with van der Waals surface area (Å²) in [5.74, 6) is 0.586. The number of carbonyl (C=O) groups is 1. The number of phenols is 1. The predicted molar refractivity (Wildman–Crippen MR) is 74.1 cm³/mol. The number of para-hydroxylation sites is 1. The molecular formula is C14H13O3P. The molecule has 0 spiro atoms. The zero-order valence-electron chi connectivity index (χ0n) is 9.88. The first-order valence-corrected chi connectivity index (χ1v) is 6.43. The second-order valence-electron chi connectivity index (χ2n) is 3.69. The quantitative estimate of drug-likeness (QED) is 0.674. The van der Waals surface area contributed by atoms with Gasteiger partial charge in [-0.1, -0.05) is 45.0 Å². The zero-order chi connectivity index (χ0) is 13.0. The van der Waals surface area contributed by atoms with Gasteiger partial charge in [0.1, 0.15) is 0 Å². The first kappa shape index (κ1) is 12.6. The first-order valence-electron chi connectivity index (χ1n) is 5.43. The fourth-order valence-corrected chi connectivity index (χ4v) is 2.82. The SMILES string of the molecule is COc1cccc(Pc2ccccc2C=O)c1O. The number of carbonyl (C=O) groups excluding carboxylic acids is 1. The monoisotopic (exact) mass is 260 g/mol. The second kappa shape index (κ2) is 5.65. The third-order valence-electron chi connectivity index (χ3n) is 2.58. The predicted octanol–water partition coefficient (Wildman–Crippen LogP) is 1.84. The molecule has 0 aliphatic heterocycles. The van der Waals surface area contributed by atoms with E-state index in [0.717, 1.165) is 16.9 Å². The molecule has 1 unspecified atom stereocenters. The lowest BCUT2D eigenvalue weighted by Gasteiger charge is -2.09. The van der Waals surface area contributed by atoms with E-state index in [-0.39, 0.29) is 14.3 Å². The molecule has 3 nitrogen and oxygen atoms in total. The molecule has 2 aromatic carbocycles. The van der Waals surface area contributed by atoms with Gasteiger partial charge < -0.3 is 9.84 Å². The maximum Gasteiger partial charge on any atom is 0.165 e. The topological polar surface area (TPSA) is 46.5 Å². The lowest BCUT2D eigenvalue weighted by atomic mass is 10.2. The molecule has 2 aromatic rings. The molecule has 0 heterocycles. The Bertz CT molecular complexity index is 567. The molecule has 0 aliphatic rings. The molecule has 0 fully saturated rings. The first-order chi connectivity index (χ1) is 8.76. The summed E-state index contributed by atoms with van der Waals surface area (Å²) >= 11 is 0. The van der Waals surface area contributed by atoms with Crippen molar-refractivity contribution in [1.29, 1.82) is 0 Å². The van der Waals surface area contributed by atoms with Crippen LogP contribution >= 0.6 is 8.58 Å². The van der Waals surface area contributed by atoms with E-state index in [0.29, 0.717) is 11.3 Å². The van der Waals surface area contributed by atoms with Crippen LogP contribution in [0.4, 0.5) is 0 Å². The zero-order valence-corrected chi connectivity index (χ0v) is 10.9. The highest BCUT2D eigenvalue weighted by Crippen LogP contribution is 2.28. The van der Waals surface area contributed by atoms with E-state index < -0.39 is 0 Å². The van der Waals surface area contributed by atoms with Gasteiger partial charge >= 0.3 is 0 Å². The molecule has 1 N–H and O–H groups in total. The summed E-state index contributed by atoms with van der Waals surface area (Å²) in [4.78, 5) is 10.9. The largest absolute Gasteiger partial charge is 0.504 e. The summed E-state index contributed by atoms with van der Waals surface area (Å²) in [6.45, 7) is 0. The number of rotatable bonds is 4. The van der Waals surface area contributed by atoms with Gasteiger partial charge in [0.05, 0.1) is 7.11 Å². The minimum atomic E-state index is 0.138. The summed E-state index contributed by atoms with van der Waals surface area (Å²) in [6, 6.07) is 12.7. The van der Waals surface area contributed by atoms with Gasteiger partial charge in [-0.15, -0.1) is 0 Å². The van der Waals surface area contributed by atoms with Gasteiger partial charge in [-0.05, 0) is 11.4 Å². The molecule has 1 atom stereocenters. The van der Waals surface area contributed by atoms with Crippen LogP contribution in [0.15, 0.2) is 42.5 Å². The van der Waals surface area contributed by atoms with Crippen molar-refractivity contribution in [2.24, 2.45) is 0 Å². The molecule has 0 bridgehead atoms. The third kappa shape index (κ3) is 2.52. The molecule has 4 heteroatoms. The molecule has 0 radical (unpaired) electrons. The van der Waals surface area contributed by atoms with E-state index in [2.05, 4.69) is 0 Å². The van der Waals surface area contributed by atoms with Crippen molar-refractivity contribution >= 4 is 25.5 Å². The number of phenolic OH excluding ortho intramolecular Hbond substituents is 1. The third-order valence-corrected chi connectivity index (χ3v) is 3.97. The van der Waals surface area contributed by atoms with Crippen LogP contribution < -0.4 is 15.3 Å². The Kier molecular flexibility index (Phi) is 3.96. The van der Waals surface area contributed by atoms with Crippen molar-refractivity contribution in [3.63, 3.8) is 0 Å². The van der Waals surface area contributed by atoms with Crippen LogP contribution in [0.5, 0.6) is 11.5 Å². The fraction of sp³-hybridized carbons (Fsp3) is 0.0714. The normalized spacial score (nSPS) is 10.7. The Hall–Kier alpha value is -1.86. The highest BCUT2D eigenvalue weighted by atomic mass is 31.1. The highest BCUT2D eigenvalue weighted by molar-refractivity contribution is 7.56. The molecule has 0 aliphatic carbocycles. The Morgan fingerprint density at radius 3 is 2.56 bits per heavy atom. The van der Waals surface area contributed by atoms with Crippen molar-refractivity contribution in [1.82, 2.24) is 0 Å². The van der Waals surface area contributed by atoms with E-state index in [4.69, 9.17) is 4.74 Å². The van der Waals surface area contributed by atoms with E-state index >= 15 is 0 Å². The standard InChI is InChI=1S/C14H13O3P/c1-17-11-6-4-8-13(14(11)16)18-12-7-3-2-5-10(12)9-15/h2-9,16,18H,1H3. The van der Waals surface area contributed by atoms with Gasteiger partial charge in [-0.3, -0.25) is 4.79 Å². The molecule has 2 rings (SSSR count). The van der Waals surface area contributed by atoms with Gasteiger partial charge in [-0.25, -0.2) is 0 Å². The van der Waals surface area contributed by atoms with Crippen molar-refractivity contribution in [2.45, 2.75) is 0 Å². The number of methoxy groups -OCH3 is 1. The molecule has 0 saturated heterocycles. The number of aromatic hydroxyl groups is 1. The molecule has 0 amide bonds. The van der Waals surface area contributed by atoms with Crippen LogP contribution in [0.25, 0.3) is 0 Å². The summed E-state index contributed by atoms with van der Waals surface area (Å²) in [5, 5.41) is 11.7. The molecule has 18 heavy (non-hydrogen) atoms. The molecule has 0 saturated carbocycles. The Balaban J connectivity index is 2.37. The average Bonchev–Trinajstić information content (AvgIpc) is 2.42. The lowest BCUT2D eigenvalue weighted by Crippen LogP contribution is -2.09. The summed E-state index contributed by atoms with van der Waals surface area (Å²) in [6.07, 6.45) is 0.833. The fourth-order valence-electron chi connectivity index (χ4n) is 1.65. The van der Waals surface area contributed by atoms with Crippen molar-refractivity contribution in [3.8, 4) is 11.5 Å². The van der Waals surface area contributed by atoms with Crippen LogP contribution in [-0.2, 0) is 0 Å². The van der Waals surface area contributed by atoms with Gasteiger partial charge in [0.2, 0.25) is 0 Å². The number of aldehydes is 1. The van der Waals surface area contributed by atoms with E-state index in [9.17, 15) is 9.90 Å². The maximum atomic E-state index is 10.9. The highest BCUT2D eigenvalue weighted by Gasteiger charge is 2.09. The van der Waals surface area contributed by atoms with E-state index in [1.807, 2.05) is 30.3 Å². The van der Waals surface area contributed by atoms with Crippen LogP contribution in [0.2, 0.25) is 0 Å². The molecular weight excluding hydrogens is 247 g/mol. The van der Waals surface area contributed by atoms with Gasteiger partial charge in [0.25, 0.3) is 0 Å². The average molecular weight is 260 g/mol. The summed E-state index contributed by atoms with van der Waals surface area (Å²) in [5.41, 5.74) is 0.651. The number of hydrogen-bond acceptors (Lipinski definition) is 3. The van der Waals surface area contributed by atoms with Crippen molar-refractivity contribution < 1.29 is 14.6 Å². The molecule has 0 aromatic heterocycles. The minimum Gasteiger partial charge on any atom is -0.504 e.